The van der Waals surface area contributed by atoms with Crippen molar-refractivity contribution < 1.29 is 19.1 Å². The fraction of sp³-hybridized carbons (Fsp3) is 0.300. The molecule has 132 valence electrons. The highest BCUT2D eigenvalue weighted by Crippen LogP contribution is 2.27. The molecule has 0 saturated heterocycles. The predicted molar refractivity (Wildman–Crippen MR) is 101 cm³/mol. The van der Waals surface area contributed by atoms with E-state index in [0.717, 1.165) is 11.1 Å². The Labute approximate surface area is 156 Å². The number of carbonyl (C=O) groups is 2. The molecule has 4 nitrogen and oxygen atoms in total. The van der Waals surface area contributed by atoms with Gasteiger partial charge in [0.05, 0.1) is 6.61 Å². The molecule has 0 aromatic heterocycles. The number of ether oxygens (including phenoxy) is 2. The molecule has 0 amide bonds. The van der Waals surface area contributed by atoms with Crippen LogP contribution in [0.25, 0.3) is 11.1 Å². The number of hydrogen-bond acceptors (Lipinski definition) is 4. The van der Waals surface area contributed by atoms with Gasteiger partial charge in [0.15, 0.2) is 0 Å². The zero-order valence-electron chi connectivity index (χ0n) is 14.5. The van der Waals surface area contributed by atoms with Gasteiger partial charge in [-0.2, -0.15) is 0 Å². The number of hydrogen-bond donors (Lipinski definition) is 0. The maximum absolute atomic E-state index is 12.5. The van der Waals surface area contributed by atoms with Crippen molar-refractivity contribution in [2.45, 2.75) is 25.8 Å². The van der Waals surface area contributed by atoms with E-state index in [0.29, 0.717) is 5.75 Å². The normalized spacial score (nSPS) is 12.3. The highest BCUT2D eigenvalue weighted by molar-refractivity contribution is 9.09. The Morgan fingerprint density at radius 1 is 1.00 bits per heavy atom. The van der Waals surface area contributed by atoms with Gasteiger partial charge >= 0.3 is 5.97 Å². The molecular weight excluding hydrogens is 384 g/mol. The lowest BCUT2D eigenvalue weighted by Gasteiger charge is -2.24. The Hall–Kier alpha value is -2.14. The Balaban J connectivity index is 2.06. The van der Waals surface area contributed by atoms with E-state index in [-0.39, 0.29) is 6.61 Å². The summed E-state index contributed by atoms with van der Waals surface area (Å²) in [5.74, 6) is -0.417. The first-order valence-electron chi connectivity index (χ1n) is 8.04. The molecule has 0 heterocycles. The summed E-state index contributed by atoms with van der Waals surface area (Å²) >= 11 is 3.22. The van der Waals surface area contributed by atoms with Gasteiger partial charge in [0.2, 0.25) is 10.8 Å². The van der Waals surface area contributed by atoms with E-state index in [2.05, 4.69) is 15.9 Å². The molecule has 0 N–H and O–H groups in total. The van der Waals surface area contributed by atoms with Crippen molar-refractivity contribution in [1.82, 2.24) is 0 Å². The summed E-state index contributed by atoms with van der Waals surface area (Å²) in [6, 6.07) is 17.4. The molecule has 0 aliphatic rings. The van der Waals surface area contributed by atoms with Crippen LogP contribution in [-0.4, -0.2) is 23.4 Å². The Kier molecular flexibility index (Phi) is 6.37. The van der Waals surface area contributed by atoms with Gasteiger partial charge in [-0.25, -0.2) is 0 Å². The molecule has 2 aromatic carbocycles. The SMILES string of the molecule is CCOC(=O)C(C)(C)C(=O)C(Br)Oc1ccc(-c2ccccc2)cc1. The summed E-state index contributed by atoms with van der Waals surface area (Å²) < 4.78 is 10.6. The number of benzene rings is 2. The van der Waals surface area contributed by atoms with Gasteiger partial charge < -0.3 is 9.47 Å². The van der Waals surface area contributed by atoms with E-state index in [1.165, 1.54) is 13.8 Å². The number of alkyl halides is 1. The second kappa shape index (κ2) is 8.30. The van der Waals surface area contributed by atoms with Crippen LogP contribution < -0.4 is 4.74 Å². The molecule has 25 heavy (non-hydrogen) atoms. The number of rotatable bonds is 7. The molecular formula is C20H21BrO4. The van der Waals surface area contributed by atoms with E-state index in [1.54, 1.807) is 19.1 Å². The highest BCUT2D eigenvalue weighted by atomic mass is 79.9. The molecule has 0 radical (unpaired) electrons. The average molecular weight is 405 g/mol. The van der Waals surface area contributed by atoms with Crippen molar-refractivity contribution in [1.29, 1.82) is 0 Å². The molecule has 0 aliphatic carbocycles. The monoisotopic (exact) mass is 404 g/mol. The highest BCUT2D eigenvalue weighted by Gasteiger charge is 2.41. The molecule has 0 aliphatic heterocycles. The summed E-state index contributed by atoms with van der Waals surface area (Å²) in [4.78, 5) is 24.4. The van der Waals surface area contributed by atoms with E-state index in [1.807, 2.05) is 42.5 Å². The molecule has 2 rings (SSSR count). The minimum atomic E-state index is -1.28. The fourth-order valence-electron chi connectivity index (χ4n) is 2.23. The van der Waals surface area contributed by atoms with Crippen LogP contribution >= 0.6 is 15.9 Å². The first kappa shape index (κ1) is 19.2. The van der Waals surface area contributed by atoms with Gasteiger partial charge in [0.25, 0.3) is 0 Å². The summed E-state index contributed by atoms with van der Waals surface area (Å²) in [5, 5.41) is -0.936. The second-order valence-electron chi connectivity index (χ2n) is 6.03. The van der Waals surface area contributed by atoms with E-state index >= 15 is 0 Å². The molecule has 1 unspecified atom stereocenters. The van der Waals surface area contributed by atoms with Crippen molar-refractivity contribution >= 4 is 27.7 Å². The van der Waals surface area contributed by atoms with E-state index in [9.17, 15) is 9.59 Å². The zero-order chi connectivity index (χ0) is 18.4. The predicted octanol–water partition coefficient (Wildman–Crippen LogP) is 4.61. The van der Waals surface area contributed by atoms with Gasteiger partial charge in [-0.05, 0) is 60.0 Å². The largest absolute Gasteiger partial charge is 0.471 e. The second-order valence-corrected chi connectivity index (χ2v) is 6.87. The maximum atomic E-state index is 12.5. The van der Waals surface area contributed by atoms with Gasteiger partial charge in [-0.3, -0.25) is 9.59 Å². The van der Waals surface area contributed by atoms with Crippen molar-refractivity contribution in [3.63, 3.8) is 0 Å². The van der Waals surface area contributed by atoms with Crippen LogP contribution in [0.5, 0.6) is 5.75 Å². The van der Waals surface area contributed by atoms with Crippen molar-refractivity contribution in [2.75, 3.05) is 6.61 Å². The van der Waals surface area contributed by atoms with Gasteiger partial charge in [0.1, 0.15) is 11.2 Å². The molecule has 0 saturated carbocycles. The quantitative estimate of drug-likeness (QED) is 0.384. The summed E-state index contributed by atoms with van der Waals surface area (Å²) in [6.07, 6.45) is 0. The smallest absolute Gasteiger partial charge is 0.319 e. The van der Waals surface area contributed by atoms with Gasteiger partial charge in [-0.15, -0.1) is 0 Å². The Bertz CT molecular complexity index is 723. The molecule has 5 heteroatoms. The van der Waals surface area contributed by atoms with Crippen molar-refractivity contribution in [2.24, 2.45) is 5.41 Å². The summed E-state index contributed by atoms with van der Waals surface area (Å²) in [6.45, 7) is 4.99. The average Bonchev–Trinajstić information content (AvgIpc) is 2.62. The lowest BCUT2D eigenvalue weighted by Crippen LogP contribution is -2.41. The molecule has 0 fully saturated rings. The van der Waals surface area contributed by atoms with Crippen molar-refractivity contribution in [3.8, 4) is 16.9 Å². The number of carbonyl (C=O) groups excluding carboxylic acids is 2. The minimum absolute atomic E-state index is 0.226. The van der Waals surface area contributed by atoms with E-state index < -0.39 is 22.2 Å². The van der Waals surface area contributed by atoms with Crippen LogP contribution in [-0.2, 0) is 14.3 Å². The topological polar surface area (TPSA) is 52.6 Å². The number of esters is 1. The Morgan fingerprint density at radius 2 is 1.56 bits per heavy atom. The first-order chi connectivity index (χ1) is 11.9. The first-order valence-corrected chi connectivity index (χ1v) is 8.95. The third kappa shape index (κ3) is 4.69. The third-order valence-corrected chi connectivity index (χ3v) is 4.41. The fourth-order valence-corrected chi connectivity index (χ4v) is 3.01. The molecule has 0 bridgehead atoms. The third-order valence-electron chi connectivity index (χ3n) is 3.81. The molecule has 1 atom stereocenters. The van der Waals surface area contributed by atoms with Crippen LogP contribution in [0.2, 0.25) is 0 Å². The van der Waals surface area contributed by atoms with Crippen LogP contribution in [0.3, 0.4) is 0 Å². The van der Waals surface area contributed by atoms with Crippen molar-refractivity contribution in [3.05, 3.63) is 54.6 Å². The van der Waals surface area contributed by atoms with E-state index in [4.69, 9.17) is 9.47 Å². The number of Topliss-reactive ketones (excluding diaryl/α,β-unsaturated/α-hetero) is 1. The van der Waals surface area contributed by atoms with Crippen LogP contribution in [0.15, 0.2) is 54.6 Å². The number of halogens is 1. The van der Waals surface area contributed by atoms with Crippen LogP contribution in [0, 0.1) is 5.41 Å². The summed E-state index contributed by atoms with van der Waals surface area (Å²) in [7, 11) is 0. The summed E-state index contributed by atoms with van der Waals surface area (Å²) in [5.41, 5.74) is 0.870. The lowest BCUT2D eigenvalue weighted by atomic mass is 9.88. The van der Waals surface area contributed by atoms with Crippen LogP contribution in [0.4, 0.5) is 0 Å². The molecule has 2 aromatic rings. The lowest BCUT2D eigenvalue weighted by molar-refractivity contribution is -0.158. The minimum Gasteiger partial charge on any atom is -0.471 e. The van der Waals surface area contributed by atoms with Gasteiger partial charge in [-0.1, -0.05) is 42.5 Å². The maximum Gasteiger partial charge on any atom is 0.319 e. The molecule has 0 spiro atoms. The Morgan fingerprint density at radius 3 is 2.12 bits per heavy atom. The standard InChI is InChI=1S/C20H21BrO4/c1-4-24-19(23)20(2,3)17(22)18(21)25-16-12-10-15(11-13-16)14-8-6-5-7-9-14/h5-13,18H,4H2,1-3H3. The van der Waals surface area contributed by atoms with Crippen LogP contribution in [0.1, 0.15) is 20.8 Å². The van der Waals surface area contributed by atoms with Gasteiger partial charge in [0, 0.05) is 0 Å². The zero-order valence-corrected chi connectivity index (χ0v) is 16.1. The number of ketones is 1.